The number of carboxylic acid groups (broad SMARTS) is 1. The molecule has 0 bridgehead atoms. The Hall–Kier alpha value is -1.63. The van der Waals surface area contributed by atoms with Gasteiger partial charge in [0.1, 0.15) is 6.04 Å². The van der Waals surface area contributed by atoms with Crippen molar-refractivity contribution in [2.75, 3.05) is 20.1 Å². The Bertz CT molecular complexity index is 441. The zero-order chi connectivity index (χ0) is 17.6. The van der Waals surface area contributed by atoms with Crippen LogP contribution in [0.3, 0.4) is 0 Å². The summed E-state index contributed by atoms with van der Waals surface area (Å²) in [5.41, 5.74) is 0. The van der Waals surface area contributed by atoms with Gasteiger partial charge in [-0.05, 0) is 25.7 Å². The molecule has 1 heterocycles. The molecule has 1 rings (SSSR count). The second kappa shape index (κ2) is 8.86. The van der Waals surface area contributed by atoms with Crippen LogP contribution in [0.4, 0.5) is 0 Å². The van der Waals surface area contributed by atoms with E-state index < -0.39 is 12.0 Å². The molecule has 132 valence electrons. The van der Waals surface area contributed by atoms with Crippen molar-refractivity contribution in [3.63, 3.8) is 0 Å². The average molecular weight is 327 g/mol. The smallest absolute Gasteiger partial charge is 0.320 e. The first kappa shape index (κ1) is 19.4. The molecule has 0 saturated carbocycles. The first-order valence-electron chi connectivity index (χ1n) is 8.25. The van der Waals surface area contributed by atoms with E-state index in [9.17, 15) is 19.5 Å². The maximum absolute atomic E-state index is 11.8. The number of nitrogens with zero attached hydrogens (tertiary/aromatic N) is 1. The molecule has 1 aliphatic heterocycles. The predicted octanol–water partition coefficient (Wildman–Crippen LogP) is 0.448. The minimum Gasteiger partial charge on any atom is -0.480 e. The zero-order valence-corrected chi connectivity index (χ0v) is 14.5. The van der Waals surface area contributed by atoms with Gasteiger partial charge in [0.05, 0.1) is 5.92 Å². The van der Waals surface area contributed by atoms with Gasteiger partial charge in [-0.1, -0.05) is 13.3 Å². The molecule has 1 aliphatic rings. The van der Waals surface area contributed by atoms with E-state index in [2.05, 4.69) is 17.6 Å². The summed E-state index contributed by atoms with van der Waals surface area (Å²) in [4.78, 5) is 36.5. The number of likely N-dealkylation sites (tertiary alicyclic amines) is 1. The maximum atomic E-state index is 11.8. The van der Waals surface area contributed by atoms with Gasteiger partial charge < -0.3 is 15.7 Å². The molecule has 23 heavy (non-hydrogen) atoms. The minimum atomic E-state index is -0.890. The molecule has 7 nitrogen and oxygen atoms in total. The van der Waals surface area contributed by atoms with E-state index in [1.807, 2.05) is 11.8 Å². The van der Waals surface area contributed by atoms with E-state index in [0.29, 0.717) is 19.5 Å². The fraction of sp³-hybridized carbons (Fsp3) is 0.812. The highest BCUT2D eigenvalue weighted by molar-refractivity contribution is 5.82. The highest BCUT2D eigenvalue weighted by Crippen LogP contribution is 2.26. The lowest BCUT2D eigenvalue weighted by Gasteiger charge is -2.30. The Morgan fingerprint density at radius 1 is 1.35 bits per heavy atom. The molecule has 0 radical (unpaired) electrons. The fourth-order valence-corrected chi connectivity index (χ4v) is 3.37. The molecular formula is C16H29N3O4. The number of amides is 2. The van der Waals surface area contributed by atoms with E-state index >= 15 is 0 Å². The van der Waals surface area contributed by atoms with Crippen LogP contribution in [0.25, 0.3) is 0 Å². The van der Waals surface area contributed by atoms with Gasteiger partial charge in [-0.3, -0.25) is 19.3 Å². The number of hydrogen-bond donors (Lipinski definition) is 3. The standard InChI is InChI=1S/C16H29N3O4/c1-5-6-12(10(2)18-11(3)20)8-19-9-13(15(21)17-4)7-14(19)16(22)23/h10,12-14H,5-9H2,1-4H3,(H,17,21)(H,18,20)(H,22,23)/t10?,12-,13?,14?/m0/s1. The summed E-state index contributed by atoms with van der Waals surface area (Å²) in [6, 6.07) is -0.665. The number of hydrogen-bond acceptors (Lipinski definition) is 4. The third-order valence-electron chi connectivity index (χ3n) is 4.57. The van der Waals surface area contributed by atoms with Gasteiger partial charge in [0.25, 0.3) is 0 Å². The second-order valence-corrected chi connectivity index (χ2v) is 6.39. The molecule has 1 saturated heterocycles. The first-order chi connectivity index (χ1) is 10.8. The summed E-state index contributed by atoms with van der Waals surface area (Å²) < 4.78 is 0. The molecule has 3 unspecified atom stereocenters. The summed E-state index contributed by atoms with van der Waals surface area (Å²) >= 11 is 0. The summed E-state index contributed by atoms with van der Waals surface area (Å²) in [6.07, 6.45) is 2.19. The Labute approximate surface area is 137 Å². The Morgan fingerprint density at radius 3 is 2.48 bits per heavy atom. The lowest BCUT2D eigenvalue weighted by molar-refractivity contribution is -0.142. The van der Waals surface area contributed by atoms with Crippen LogP contribution in [0.1, 0.15) is 40.0 Å². The molecule has 0 aromatic carbocycles. The largest absolute Gasteiger partial charge is 0.480 e. The summed E-state index contributed by atoms with van der Waals surface area (Å²) in [6.45, 7) is 6.52. The molecule has 2 amide bonds. The number of carbonyl (C=O) groups excluding carboxylic acids is 2. The van der Waals surface area contributed by atoms with Crippen molar-refractivity contribution in [1.29, 1.82) is 0 Å². The van der Waals surface area contributed by atoms with Crippen LogP contribution in [0.2, 0.25) is 0 Å². The van der Waals surface area contributed by atoms with E-state index in [4.69, 9.17) is 0 Å². The number of aliphatic carboxylic acids is 1. The van der Waals surface area contributed by atoms with Gasteiger partial charge in [-0.15, -0.1) is 0 Å². The highest BCUT2D eigenvalue weighted by atomic mass is 16.4. The average Bonchev–Trinajstić information content (AvgIpc) is 2.89. The summed E-state index contributed by atoms with van der Waals surface area (Å²) in [5.74, 6) is -1.22. The summed E-state index contributed by atoms with van der Waals surface area (Å²) in [7, 11) is 1.57. The van der Waals surface area contributed by atoms with Gasteiger partial charge in [0.15, 0.2) is 0 Å². The normalized spacial score (nSPS) is 24.0. The molecular weight excluding hydrogens is 298 g/mol. The lowest BCUT2D eigenvalue weighted by Crippen LogP contribution is -2.45. The predicted molar refractivity (Wildman–Crippen MR) is 86.8 cm³/mol. The van der Waals surface area contributed by atoms with Gasteiger partial charge in [-0.25, -0.2) is 0 Å². The zero-order valence-electron chi connectivity index (χ0n) is 14.5. The van der Waals surface area contributed by atoms with Crippen molar-refractivity contribution in [2.24, 2.45) is 11.8 Å². The number of nitrogens with one attached hydrogen (secondary N) is 2. The van der Waals surface area contributed by atoms with E-state index in [0.717, 1.165) is 12.8 Å². The van der Waals surface area contributed by atoms with Crippen LogP contribution < -0.4 is 10.6 Å². The molecule has 1 fully saturated rings. The van der Waals surface area contributed by atoms with Crippen molar-refractivity contribution < 1.29 is 19.5 Å². The third-order valence-corrected chi connectivity index (χ3v) is 4.57. The summed E-state index contributed by atoms with van der Waals surface area (Å²) in [5, 5.41) is 14.9. The van der Waals surface area contributed by atoms with Gasteiger partial charge in [0.2, 0.25) is 11.8 Å². The number of carbonyl (C=O) groups is 3. The fourth-order valence-electron chi connectivity index (χ4n) is 3.37. The lowest BCUT2D eigenvalue weighted by atomic mass is 9.95. The topological polar surface area (TPSA) is 98.7 Å². The van der Waals surface area contributed by atoms with Gasteiger partial charge in [0, 0.05) is 33.1 Å². The van der Waals surface area contributed by atoms with Crippen molar-refractivity contribution in [3.8, 4) is 0 Å². The molecule has 0 aromatic rings. The van der Waals surface area contributed by atoms with Gasteiger partial charge in [-0.2, -0.15) is 0 Å². The van der Waals surface area contributed by atoms with Crippen LogP contribution in [-0.2, 0) is 14.4 Å². The third kappa shape index (κ3) is 5.49. The molecule has 0 spiro atoms. The van der Waals surface area contributed by atoms with Crippen molar-refractivity contribution in [3.05, 3.63) is 0 Å². The second-order valence-electron chi connectivity index (χ2n) is 6.39. The van der Waals surface area contributed by atoms with Crippen molar-refractivity contribution in [1.82, 2.24) is 15.5 Å². The highest BCUT2D eigenvalue weighted by Gasteiger charge is 2.40. The van der Waals surface area contributed by atoms with E-state index in [1.54, 1.807) is 7.05 Å². The number of rotatable bonds is 8. The molecule has 0 aromatic heterocycles. The Kier molecular flexibility index (Phi) is 7.48. The van der Waals surface area contributed by atoms with Crippen molar-refractivity contribution >= 4 is 17.8 Å². The monoisotopic (exact) mass is 327 g/mol. The number of carboxylic acids is 1. The van der Waals surface area contributed by atoms with Crippen molar-refractivity contribution in [2.45, 2.75) is 52.1 Å². The quantitative estimate of drug-likeness (QED) is 0.601. The first-order valence-corrected chi connectivity index (χ1v) is 8.25. The van der Waals surface area contributed by atoms with Crippen LogP contribution in [0.5, 0.6) is 0 Å². The molecule has 7 heteroatoms. The molecule has 3 N–H and O–H groups in total. The SMILES string of the molecule is CCC[C@@H](CN1CC(C(=O)NC)CC1C(=O)O)C(C)NC(C)=O. The van der Waals surface area contributed by atoms with Gasteiger partial charge >= 0.3 is 5.97 Å². The van der Waals surface area contributed by atoms with Crippen LogP contribution >= 0.6 is 0 Å². The van der Waals surface area contributed by atoms with E-state index in [1.165, 1.54) is 6.92 Å². The van der Waals surface area contributed by atoms with Crippen LogP contribution in [-0.4, -0.2) is 60.0 Å². The maximum Gasteiger partial charge on any atom is 0.320 e. The van der Waals surface area contributed by atoms with Crippen LogP contribution in [0, 0.1) is 11.8 Å². The molecule has 0 aliphatic carbocycles. The van der Waals surface area contributed by atoms with E-state index in [-0.39, 0.29) is 29.7 Å². The Balaban J connectivity index is 2.80. The Morgan fingerprint density at radius 2 is 2.00 bits per heavy atom. The minimum absolute atomic E-state index is 0.0269. The molecule has 4 atom stereocenters. The van der Waals surface area contributed by atoms with Crippen LogP contribution in [0.15, 0.2) is 0 Å².